The topological polar surface area (TPSA) is 77.1 Å². The first kappa shape index (κ1) is 32.3. The SMILES string of the molecule is CCOC(=O)[C@H](Cc1ccc(OCCNC2[C@H]3CN(C(=O)c4cc(F)c(F)cc4F)C[C@@H]23)cc1)Oc1ccc(C(C)(C)C)cc1. The summed E-state index contributed by atoms with van der Waals surface area (Å²) in [6.07, 6.45) is -0.449. The van der Waals surface area contributed by atoms with Crippen molar-refractivity contribution in [2.45, 2.75) is 51.7 Å². The lowest BCUT2D eigenvalue weighted by Crippen LogP contribution is -2.37. The Morgan fingerprint density at radius 3 is 2.16 bits per heavy atom. The molecule has 2 aliphatic rings. The molecule has 240 valence electrons. The van der Waals surface area contributed by atoms with Crippen LogP contribution in [0.4, 0.5) is 13.2 Å². The number of esters is 1. The highest BCUT2D eigenvalue weighted by atomic mass is 19.2. The first-order chi connectivity index (χ1) is 21.4. The van der Waals surface area contributed by atoms with E-state index in [0.717, 1.165) is 5.56 Å². The number of benzene rings is 3. The van der Waals surface area contributed by atoms with Gasteiger partial charge in [-0.25, -0.2) is 18.0 Å². The average molecular weight is 625 g/mol. The highest BCUT2D eigenvalue weighted by Gasteiger charge is 2.56. The number of nitrogens with one attached hydrogen (secondary N) is 1. The van der Waals surface area contributed by atoms with Gasteiger partial charge in [0.1, 0.15) is 23.9 Å². The second-order valence-electron chi connectivity index (χ2n) is 12.6. The number of hydrogen-bond donors (Lipinski definition) is 1. The zero-order valence-electron chi connectivity index (χ0n) is 25.9. The third kappa shape index (κ3) is 7.79. The van der Waals surface area contributed by atoms with Crippen molar-refractivity contribution in [3.05, 3.63) is 94.8 Å². The maximum absolute atomic E-state index is 14.0. The second-order valence-corrected chi connectivity index (χ2v) is 12.6. The van der Waals surface area contributed by atoms with Gasteiger partial charge in [-0.05, 0) is 65.6 Å². The molecule has 0 bridgehead atoms. The highest BCUT2D eigenvalue weighted by molar-refractivity contribution is 5.94. The molecule has 45 heavy (non-hydrogen) atoms. The van der Waals surface area contributed by atoms with E-state index >= 15 is 0 Å². The van der Waals surface area contributed by atoms with E-state index in [2.05, 4.69) is 26.1 Å². The summed E-state index contributed by atoms with van der Waals surface area (Å²) in [5, 5.41) is 3.44. The van der Waals surface area contributed by atoms with Crippen LogP contribution in [-0.2, 0) is 21.4 Å². The van der Waals surface area contributed by atoms with Crippen LogP contribution in [0.1, 0.15) is 49.2 Å². The molecule has 4 atom stereocenters. The van der Waals surface area contributed by atoms with Crippen molar-refractivity contribution < 1.29 is 37.0 Å². The monoisotopic (exact) mass is 624 g/mol. The Bertz CT molecular complexity index is 1500. The summed E-state index contributed by atoms with van der Waals surface area (Å²) >= 11 is 0. The fourth-order valence-electron chi connectivity index (χ4n) is 5.79. The van der Waals surface area contributed by atoms with Crippen molar-refractivity contribution in [3.8, 4) is 11.5 Å². The Morgan fingerprint density at radius 2 is 1.53 bits per heavy atom. The van der Waals surface area contributed by atoms with Crippen molar-refractivity contribution >= 4 is 11.9 Å². The lowest BCUT2D eigenvalue weighted by molar-refractivity contribution is -0.151. The third-order valence-electron chi connectivity index (χ3n) is 8.37. The van der Waals surface area contributed by atoms with Crippen molar-refractivity contribution in [2.24, 2.45) is 11.8 Å². The summed E-state index contributed by atoms with van der Waals surface area (Å²) < 4.78 is 58.0. The highest BCUT2D eigenvalue weighted by Crippen LogP contribution is 2.45. The first-order valence-corrected chi connectivity index (χ1v) is 15.3. The predicted molar refractivity (Wildman–Crippen MR) is 163 cm³/mol. The number of rotatable bonds is 12. The van der Waals surface area contributed by atoms with Crippen LogP contribution in [-0.4, -0.2) is 61.8 Å². The number of hydrogen-bond acceptors (Lipinski definition) is 6. The van der Waals surface area contributed by atoms with Crippen LogP contribution in [0.3, 0.4) is 0 Å². The van der Waals surface area contributed by atoms with Crippen molar-refractivity contribution in [1.29, 1.82) is 0 Å². The number of carbonyl (C=O) groups excluding carboxylic acids is 2. The quantitative estimate of drug-likeness (QED) is 0.159. The predicted octanol–water partition coefficient (Wildman–Crippen LogP) is 5.69. The summed E-state index contributed by atoms with van der Waals surface area (Å²) in [7, 11) is 0. The van der Waals surface area contributed by atoms with Gasteiger partial charge in [0.15, 0.2) is 17.7 Å². The molecule has 1 aliphatic carbocycles. The molecule has 1 aliphatic heterocycles. The number of carbonyl (C=O) groups is 2. The van der Waals surface area contributed by atoms with E-state index in [4.69, 9.17) is 14.2 Å². The molecule has 2 fully saturated rings. The molecule has 10 heteroatoms. The molecule has 1 saturated carbocycles. The van der Waals surface area contributed by atoms with Crippen molar-refractivity contribution in [3.63, 3.8) is 0 Å². The largest absolute Gasteiger partial charge is 0.492 e. The van der Waals surface area contributed by atoms with Gasteiger partial charge in [-0.1, -0.05) is 45.0 Å². The Morgan fingerprint density at radius 1 is 0.911 bits per heavy atom. The Kier molecular flexibility index (Phi) is 9.72. The standard InChI is InChI=1S/C35H39F3N2O5/c1-5-43-34(42)31(45-24-12-8-22(9-13-24)35(2,3)4)16-21-6-10-23(11-7-21)44-15-14-39-32-26-19-40(20-27(26)32)33(41)25-17-29(37)30(38)18-28(25)36/h6-13,17-18,26-27,31-32,39H,5,14-16,19-20H2,1-4H3/t26-,27+,31-,32?/m0/s1. The number of halogens is 3. The third-order valence-corrected chi connectivity index (χ3v) is 8.37. The van der Waals surface area contributed by atoms with Gasteiger partial charge in [0.05, 0.1) is 12.2 Å². The molecule has 7 nitrogen and oxygen atoms in total. The zero-order chi connectivity index (χ0) is 32.3. The Hall–Kier alpha value is -4.05. The molecule has 1 heterocycles. The van der Waals surface area contributed by atoms with Crippen LogP contribution in [0, 0.1) is 29.3 Å². The van der Waals surface area contributed by atoms with Gasteiger partial charge in [-0.15, -0.1) is 0 Å². The number of nitrogens with zero attached hydrogens (tertiary/aromatic N) is 1. The van der Waals surface area contributed by atoms with Crippen molar-refractivity contribution in [2.75, 3.05) is 32.8 Å². The van der Waals surface area contributed by atoms with Gasteiger partial charge in [-0.3, -0.25) is 4.79 Å². The molecule has 3 aromatic carbocycles. The minimum absolute atomic E-state index is 0.0130. The van der Waals surface area contributed by atoms with Gasteiger partial charge in [0, 0.05) is 38.2 Å². The minimum atomic E-state index is -1.32. The molecule has 1 amide bonds. The maximum atomic E-state index is 14.0. The second kappa shape index (κ2) is 13.5. The van der Waals surface area contributed by atoms with Crippen LogP contribution >= 0.6 is 0 Å². The smallest absolute Gasteiger partial charge is 0.347 e. The summed E-state index contributed by atoms with van der Waals surface area (Å²) in [5.41, 5.74) is 1.64. The molecule has 0 radical (unpaired) electrons. The molecule has 0 aromatic heterocycles. The fourth-order valence-corrected chi connectivity index (χ4v) is 5.79. The maximum Gasteiger partial charge on any atom is 0.347 e. The molecule has 1 saturated heterocycles. The molecular formula is C35H39F3N2O5. The molecule has 5 rings (SSSR count). The van der Waals surface area contributed by atoms with Gasteiger partial charge < -0.3 is 24.4 Å². The molecule has 3 aromatic rings. The van der Waals surface area contributed by atoms with Gasteiger partial charge in [-0.2, -0.15) is 0 Å². The van der Waals surface area contributed by atoms with Crippen molar-refractivity contribution in [1.82, 2.24) is 10.2 Å². The molecule has 1 N–H and O–H groups in total. The molecule has 0 spiro atoms. The van der Waals surface area contributed by atoms with Crippen LogP contribution in [0.5, 0.6) is 11.5 Å². The lowest BCUT2D eigenvalue weighted by Gasteiger charge is -2.21. The first-order valence-electron chi connectivity index (χ1n) is 15.3. The minimum Gasteiger partial charge on any atom is -0.492 e. The number of amides is 1. The zero-order valence-corrected chi connectivity index (χ0v) is 25.9. The Balaban J connectivity index is 1.05. The van der Waals surface area contributed by atoms with Crippen LogP contribution in [0.15, 0.2) is 60.7 Å². The number of likely N-dealkylation sites (tertiary alicyclic amines) is 1. The van der Waals surface area contributed by atoms with Gasteiger partial charge in [0.2, 0.25) is 0 Å². The summed E-state index contributed by atoms with van der Waals surface area (Å²) in [5.74, 6) is -2.92. The van der Waals surface area contributed by atoms with E-state index in [-0.39, 0.29) is 29.9 Å². The normalized spacial score (nSPS) is 19.5. The summed E-state index contributed by atoms with van der Waals surface area (Å²) in [4.78, 5) is 26.8. The number of piperidine rings is 1. The molecule has 1 unspecified atom stereocenters. The average Bonchev–Trinajstić information content (AvgIpc) is 3.44. The lowest BCUT2D eigenvalue weighted by atomic mass is 9.87. The summed E-state index contributed by atoms with van der Waals surface area (Å²) in [6.45, 7) is 10.3. The van der Waals surface area contributed by atoms with E-state index in [9.17, 15) is 22.8 Å². The van der Waals surface area contributed by atoms with E-state index in [1.54, 1.807) is 6.92 Å². The number of fused-ring (bicyclic) bond motifs is 1. The van der Waals surface area contributed by atoms with E-state index < -0.39 is 41.0 Å². The van der Waals surface area contributed by atoms with Gasteiger partial charge in [0.25, 0.3) is 5.91 Å². The fraction of sp³-hybridized carbons (Fsp3) is 0.429. The van der Waals surface area contributed by atoms with E-state index in [1.165, 1.54) is 10.5 Å². The van der Waals surface area contributed by atoms with Gasteiger partial charge >= 0.3 is 5.97 Å². The van der Waals surface area contributed by atoms with Crippen LogP contribution in [0.25, 0.3) is 0 Å². The van der Waals surface area contributed by atoms with E-state index in [0.29, 0.717) is 56.3 Å². The van der Waals surface area contributed by atoms with E-state index in [1.807, 2.05) is 48.5 Å². The Labute approximate surface area is 261 Å². The summed E-state index contributed by atoms with van der Waals surface area (Å²) in [6, 6.07) is 16.5. The van der Waals surface area contributed by atoms with Crippen LogP contribution in [0.2, 0.25) is 0 Å². The molecular weight excluding hydrogens is 585 g/mol. The number of ether oxygens (including phenoxy) is 3. The van der Waals surface area contributed by atoms with Crippen LogP contribution < -0.4 is 14.8 Å².